The highest BCUT2D eigenvalue weighted by Crippen LogP contribution is 2.04. The Morgan fingerprint density at radius 1 is 1.21 bits per heavy atom. The van der Waals surface area contributed by atoms with Crippen molar-refractivity contribution in [3.63, 3.8) is 0 Å². The molecule has 0 aliphatic carbocycles. The van der Waals surface area contributed by atoms with Gasteiger partial charge in [-0.3, -0.25) is 9.59 Å². The monoisotopic (exact) mass is 199 g/mol. The minimum Gasteiger partial charge on any atom is -0.332 e. The van der Waals surface area contributed by atoms with Gasteiger partial charge in [0.15, 0.2) is 0 Å². The molecule has 0 spiro atoms. The molecule has 1 aliphatic rings. The number of nitrogens with two attached hydrogens (primary N) is 1. The lowest BCUT2D eigenvalue weighted by Crippen LogP contribution is -2.53. The highest BCUT2D eigenvalue weighted by atomic mass is 16.2. The Balaban J connectivity index is 2.49. The predicted molar refractivity (Wildman–Crippen MR) is 52.5 cm³/mol. The highest BCUT2D eigenvalue weighted by Gasteiger charge is 2.27. The van der Waals surface area contributed by atoms with Gasteiger partial charge in [0.05, 0.1) is 13.1 Å². The summed E-state index contributed by atoms with van der Waals surface area (Å²) in [6, 6.07) is 0. The maximum Gasteiger partial charge on any atom is 0.242 e. The Morgan fingerprint density at radius 3 is 2.36 bits per heavy atom. The van der Waals surface area contributed by atoms with E-state index in [0.29, 0.717) is 19.6 Å². The summed E-state index contributed by atoms with van der Waals surface area (Å²) in [5.74, 6) is 0.0593. The molecule has 14 heavy (non-hydrogen) atoms. The lowest BCUT2D eigenvalue weighted by Gasteiger charge is -2.33. The Labute approximate surface area is 83.8 Å². The van der Waals surface area contributed by atoms with E-state index in [1.165, 1.54) is 0 Å². The molecule has 5 heteroatoms. The summed E-state index contributed by atoms with van der Waals surface area (Å²) in [5, 5.41) is 0. The zero-order valence-electron chi connectivity index (χ0n) is 8.53. The van der Waals surface area contributed by atoms with Crippen LogP contribution in [-0.4, -0.2) is 54.3 Å². The van der Waals surface area contributed by atoms with E-state index in [1.807, 2.05) is 6.92 Å². The highest BCUT2D eigenvalue weighted by molar-refractivity contribution is 5.92. The average Bonchev–Trinajstić information content (AvgIpc) is 2.18. The molecule has 5 nitrogen and oxygen atoms in total. The first kappa shape index (κ1) is 11.0. The van der Waals surface area contributed by atoms with E-state index in [-0.39, 0.29) is 24.9 Å². The van der Waals surface area contributed by atoms with Crippen molar-refractivity contribution in [3.8, 4) is 0 Å². The van der Waals surface area contributed by atoms with Crippen molar-refractivity contribution >= 4 is 11.8 Å². The van der Waals surface area contributed by atoms with E-state index in [0.717, 1.165) is 6.42 Å². The number of carbonyl (C=O) groups excluding carboxylic acids is 2. The van der Waals surface area contributed by atoms with E-state index < -0.39 is 0 Å². The largest absolute Gasteiger partial charge is 0.332 e. The van der Waals surface area contributed by atoms with Crippen LogP contribution >= 0.6 is 0 Å². The van der Waals surface area contributed by atoms with Crippen molar-refractivity contribution in [3.05, 3.63) is 0 Å². The molecule has 0 atom stereocenters. The summed E-state index contributed by atoms with van der Waals surface area (Å²) in [4.78, 5) is 26.1. The van der Waals surface area contributed by atoms with Crippen molar-refractivity contribution in [2.24, 2.45) is 5.73 Å². The standard InChI is InChI=1S/C9H17N3O2/c1-2-11-6-9(14)12(5-3-4-10)7-8(11)13/h2-7,10H2,1H3. The van der Waals surface area contributed by atoms with E-state index in [1.54, 1.807) is 9.80 Å². The predicted octanol–water partition coefficient (Wildman–Crippen LogP) is -0.974. The molecule has 1 aliphatic heterocycles. The van der Waals surface area contributed by atoms with Gasteiger partial charge < -0.3 is 15.5 Å². The SMILES string of the molecule is CCN1CC(=O)N(CCCN)CC1=O. The minimum absolute atomic E-state index is 0.0277. The summed E-state index contributed by atoms with van der Waals surface area (Å²) in [5.41, 5.74) is 5.35. The Bertz CT molecular complexity index is 230. The van der Waals surface area contributed by atoms with E-state index in [9.17, 15) is 9.59 Å². The molecule has 1 fully saturated rings. The topological polar surface area (TPSA) is 66.6 Å². The quantitative estimate of drug-likeness (QED) is 0.633. The van der Waals surface area contributed by atoms with Gasteiger partial charge in [0.1, 0.15) is 0 Å². The van der Waals surface area contributed by atoms with Gasteiger partial charge in [0.25, 0.3) is 0 Å². The fraction of sp³-hybridized carbons (Fsp3) is 0.778. The molecule has 1 rings (SSSR count). The maximum atomic E-state index is 11.5. The molecule has 0 aromatic rings. The first-order chi connectivity index (χ1) is 6.69. The van der Waals surface area contributed by atoms with E-state index in [4.69, 9.17) is 5.73 Å². The number of rotatable bonds is 4. The zero-order valence-corrected chi connectivity index (χ0v) is 8.53. The van der Waals surface area contributed by atoms with Gasteiger partial charge in [0.2, 0.25) is 11.8 Å². The van der Waals surface area contributed by atoms with Crippen LogP contribution in [0.3, 0.4) is 0 Å². The van der Waals surface area contributed by atoms with Crippen molar-refractivity contribution in [2.45, 2.75) is 13.3 Å². The van der Waals surface area contributed by atoms with Crippen LogP contribution in [-0.2, 0) is 9.59 Å². The van der Waals surface area contributed by atoms with Gasteiger partial charge in [-0.25, -0.2) is 0 Å². The lowest BCUT2D eigenvalue weighted by molar-refractivity contribution is -0.149. The van der Waals surface area contributed by atoms with Gasteiger partial charge >= 0.3 is 0 Å². The second kappa shape index (κ2) is 4.95. The maximum absolute atomic E-state index is 11.5. The number of nitrogens with zero attached hydrogens (tertiary/aromatic N) is 2. The molecule has 0 aromatic heterocycles. The fourth-order valence-corrected chi connectivity index (χ4v) is 1.48. The van der Waals surface area contributed by atoms with Crippen LogP contribution in [0.15, 0.2) is 0 Å². The summed E-state index contributed by atoms with van der Waals surface area (Å²) in [6.07, 6.45) is 0.755. The van der Waals surface area contributed by atoms with Crippen molar-refractivity contribution in [2.75, 3.05) is 32.7 Å². The third-order valence-electron chi connectivity index (χ3n) is 2.37. The molecular weight excluding hydrogens is 182 g/mol. The summed E-state index contributed by atoms with van der Waals surface area (Å²) in [6.45, 7) is 4.07. The number of hydrogen-bond donors (Lipinski definition) is 1. The first-order valence-electron chi connectivity index (χ1n) is 4.94. The molecule has 1 saturated heterocycles. The number of likely N-dealkylation sites (N-methyl/N-ethyl adjacent to an activating group) is 1. The minimum atomic E-state index is 0.0277. The van der Waals surface area contributed by atoms with E-state index in [2.05, 4.69) is 0 Å². The van der Waals surface area contributed by atoms with Crippen LogP contribution in [0.25, 0.3) is 0 Å². The van der Waals surface area contributed by atoms with Gasteiger partial charge in [0, 0.05) is 13.1 Å². The average molecular weight is 199 g/mol. The third-order valence-corrected chi connectivity index (χ3v) is 2.37. The van der Waals surface area contributed by atoms with Crippen molar-refractivity contribution in [1.82, 2.24) is 9.80 Å². The zero-order chi connectivity index (χ0) is 10.6. The van der Waals surface area contributed by atoms with Crippen LogP contribution in [0, 0.1) is 0 Å². The summed E-state index contributed by atoms with van der Waals surface area (Å²) < 4.78 is 0. The fourth-order valence-electron chi connectivity index (χ4n) is 1.48. The number of carbonyl (C=O) groups is 2. The molecule has 0 saturated carbocycles. The Morgan fingerprint density at radius 2 is 1.79 bits per heavy atom. The van der Waals surface area contributed by atoms with Gasteiger partial charge in [-0.1, -0.05) is 0 Å². The number of amides is 2. The van der Waals surface area contributed by atoms with Gasteiger partial charge in [-0.05, 0) is 19.9 Å². The Hall–Kier alpha value is -1.10. The van der Waals surface area contributed by atoms with Gasteiger partial charge in [-0.2, -0.15) is 0 Å². The molecule has 1 heterocycles. The van der Waals surface area contributed by atoms with Crippen molar-refractivity contribution < 1.29 is 9.59 Å². The molecule has 0 unspecified atom stereocenters. The van der Waals surface area contributed by atoms with Crippen LogP contribution in [0.1, 0.15) is 13.3 Å². The smallest absolute Gasteiger partial charge is 0.242 e. The third kappa shape index (κ3) is 2.45. The number of piperazine rings is 1. The van der Waals surface area contributed by atoms with Gasteiger partial charge in [-0.15, -0.1) is 0 Å². The molecule has 0 bridgehead atoms. The Kier molecular flexibility index (Phi) is 3.88. The van der Waals surface area contributed by atoms with Crippen LogP contribution in [0.4, 0.5) is 0 Å². The molecule has 2 amide bonds. The van der Waals surface area contributed by atoms with Crippen LogP contribution in [0.5, 0.6) is 0 Å². The van der Waals surface area contributed by atoms with Crippen molar-refractivity contribution in [1.29, 1.82) is 0 Å². The lowest BCUT2D eigenvalue weighted by atomic mass is 10.2. The molecule has 0 aromatic carbocycles. The van der Waals surface area contributed by atoms with E-state index >= 15 is 0 Å². The first-order valence-corrected chi connectivity index (χ1v) is 4.94. The molecule has 0 radical (unpaired) electrons. The van der Waals surface area contributed by atoms with Crippen LogP contribution < -0.4 is 5.73 Å². The normalized spacial score (nSPS) is 17.9. The molecule has 80 valence electrons. The molecule has 2 N–H and O–H groups in total. The second-order valence-electron chi connectivity index (χ2n) is 3.37. The second-order valence-corrected chi connectivity index (χ2v) is 3.37. The molecular formula is C9H17N3O2. The summed E-state index contributed by atoms with van der Waals surface area (Å²) in [7, 11) is 0. The number of hydrogen-bond acceptors (Lipinski definition) is 3. The summed E-state index contributed by atoms with van der Waals surface area (Å²) >= 11 is 0. The van der Waals surface area contributed by atoms with Crippen LogP contribution in [0.2, 0.25) is 0 Å².